The first-order valence-corrected chi connectivity index (χ1v) is 5.84. The molecule has 0 aliphatic heterocycles. The van der Waals surface area contributed by atoms with Crippen LogP contribution in [-0.2, 0) is 6.42 Å². The standard InChI is InChI=1S/C14H11ClFNO/c1-9-3-2-6-17-14(9)13(18)7-10-4-5-11(16)8-12(10)15/h2-6,8H,7H2,1H3. The van der Waals surface area contributed by atoms with E-state index in [0.717, 1.165) is 5.56 Å². The number of Topliss-reactive ketones (excluding diaryl/α,β-unsaturated/α-hetero) is 1. The van der Waals surface area contributed by atoms with Crippen LogP contribution in [0.15, 0.2) is 36.5 Å². The van der Waals surface area contributed by atoms with Crippen molar-refractivity contribution in [1.82, 2.24) is 4.98 Å². The van der Waals surface area contributed by atoms with Gasteiger partial charge in [0, 0.05) is 17.6 Å². The average Bonchev–Trinajstić information content (AvgIpc) is 2.33. The number of hydrogen-bond acceptors (Lipinski definition) is 2. The molecule has 0 unspecified atom stereocenters. The van der Waals surface area contributed by atoms with Crippen molar-refractivity contribution in [1.29, 1.82) is 0 Å². The lowest BCUT2D eigenvalue weighted by Crippen LogP contribution is -2.08. The number of carbonyl (C=O) groups is 1. The number of benzene rings is 1. The van der Waals surface area contributed by atoms with Crippen LogP contribution in [0.25, 0.3) is 0 Å². The van der Waals surface area contributed by atoms with Crippen LogP contribution in [0.3, 0.4) is 0 Å². The predicted octanol–water partition coefficient (Wildman–Crippen LogP) is 3.61. The lowest BCUT2D eigenvalue weighted by atomic mass is 10.0. The SMILES string of the molecule is Cc1cccnc1C(=O)Cc1ccc(F)cc1Cl. The molecule has 0 fully saturated rings. The second-order valence-corrected chi connectivity index (χ2v) is 4.41. The fourth-order valence-corrected chi connectivity index (χ4v) is 1.93. The highest BCUT2D eigenvalue weighted by Gasteiger charge is 2.13. The van der Waals surface area contributed by atoms with Gasteiger partial charge in [0.1, 0.15) is 11.5 Å². The Hall–Kier alpha value is -1.74. The van der Waals surface area contributed by atoms with E-state index < -0.39 is 5.82 Å². The number of aromatic nitrogens is 1. The number of pyridine rings is 1. The van der Waals surface area contributed by atoms with Crippen LogP contribution in [-0.4, -0.2) is 10.8 Å². The summed E-state index contributed by atoms with van der Waals surface area (Å²) in [5.41, 5.74) is 1.85. The molecule has 0 aliphatic carbocycles. The first-order chi connectivity index (χ1) is 8.58. The molecule has 2 nitrogen and oxygen atoms in total. The number of ketones is 1. The van der Waals surface area contributed by atoms with Crippen LogP contribution in [0.4, 0.5) is 4.39 Å². The van der Waals surface area contributed by atoms with Gasteiger partial charge in [-0.25, -0.2) is 4.39 Å². The molecule has 0 N–H and O–H groups in total. The zero-order valence-electron chi connectivity index (χ0n) is 9.78. The van der Waals surface area contributed by atoms with Crippen molar-refractivity contribution in [2.75, 3.05) is 0 Å². The monoisotopic (exact) mass is 263 g/mol. The first kappa shape index (κ1) is 12.7. The third kappa shape index (κ3) is 2.74. The molecule has 0 radical (unpaired) electrons. The fraction of sp³-hybridized carbons (Fsp3) is 0.143. The Balaban J connectivity index is 2.24. The Bertz CT molecular complexity index is 598. The summed E-state index contributed by atoms with van der Waals surface area (Å²) in [6.07, 6.45) is 1.70. The minimum Gasteiger partial charge on any atom is -0.292 e. The number of carbonyl (C=O) groups excluding carboxylic acids is 1. The van der Waals surface area contributed by atoms with Gasteiger partial charge in [0.05, 0.1) is 0 Å². The quantitative estimate of drug-likeness (QED) is 0.792. The summed E-state index contributed by atoms with van der Waals surface area (Å²) in [7, 11) is 0. The number of hydrogen-bond donors (Lipinski definition) is 0. The molecular weight excluding hydrogens is 253 g/mol. The Kier molecular flexibility index (Phi) is 3.72. The van der Waals surface area contributed by atoms with Gasteiger partial charge >= 0.3 is 0 Å². The Labute approximate surface area is 109 Å². The molecule has 2 rings (SSSR count). The lowest BCUT2D eigenvalue weighted by Gasteiger charge is -2.05. The zero-order valence-corrected chi connectivity index (χ0v) is 10.5. The molecule has 4 heteroatoms. The third-order valence-electron chi connectivity index (χ3n) is 2.64. The van der Waals surface area contributed by atoms with Crippen molar-refractivity contribution < 1.29 is 9.18 Å². The van der Waals surface area contributed by atoms with E-state index in [0.29, 0.717) is 11.3 Å². The zero-order chi connectivity index (χ0) is 13.1. The summed E-state index contributed by atoms with van der Waals surface area (Å²) >= 11 is 5.89. The van der Waals surface area contributed by atoms with Crippen LogP contribution in [0, 0.1) is 12.7 Å². The van der Waals surface area contributed by atoms with E-state index in [1.54, 1.807) is 12.3 Å². The smallest absolute Gasteiger partial charge is 0.185 e. The number of rotatable bonds is 3. The van der Waals surface area contributed by atoms with E-state index in [4.69, 9.17) is 11.6 Å². The van der Waals surface area contributed by atoms with Gasteiger partial charge in [-0.2, -0.15) is 0 Å². The minimum absolute atomic E-state index is 0.122. The fourth-order valence-electron chi connectivity index (χ4n) is 1.70. The largest absolute Gasteiger partial charge is 0.292 e. The van der Waals surface area contributed by atoms with Crippen LogP contribution >= 0.6 is 11.6 Å². The summed E-state index contributed by atoms with van der Waals surface area (Å²) in [4.78, 5) is 16.1. The maximum absolute atomic E-state index is 12.9. The molecule has 1 aromatic heterocycles. The van der Waals surface area contributed by atoms with Crippen LogP contribution in [0.1, 0.15) is 21.6 Å². The highest BCUT2D eigenvalue weighted by atomic mass is 35.5. The van der Waals surface area contributed by atoms with E-state index in [-0.39, 0.29) is 17.2 Å². The van der Waals surface area contributed by atoms with Crippen molar-refractivity contribution in [2.24, 2.45) is 0 Å². The van der Waals surface area contributed by atoms with Crippen LogP contribution in [0.5, 0.6) is 0 Å². The molecule has 1 heterocycles. The van der Waals surface area contributed by atoms with Crippen LogP contribution in [0.2, 0.25) is 5.02 Å². The number of halogens is 2. The minimum atomic E-state index is -0.412. The van der Waals surface area contributed by atoms with E-state index in [2.05, 4.69) is 4.98 Å². The second-order valence-electron chi connectivity index (χ2n) is 4.00. The van der Waals surface area contributed by atoms with Crippen LogP contribution < -0.4 is 0 Å². The molecule has 0 bridgehead atoms. The highest BCUT2D eigenvalue weighted by Crippen LogP contribution is 2.19. The molecule has 18 heavy (non-hydrogen) atoms. The third-order valence-corrected chi connectivity index (χ3v) is 2.99. The molecule has 0 saturated heterocycles. The van der Waals surface area contributed by atoms with Gasteiger partial charge in [0.2, 0.25) is 0 Å². The van der Waals surface area contributed by atoms with Crippen molar-refractivity contribution >= 4 is 17.4 Å². The van der Waals surface area contributed by atoms with Gasteiger partial charge in [-0.15, -0.1) is 0 Å². The summed E-state index contributed by atoms with van der Waals surface area (Å²) in [5.74, 6) is -0.535. The summed E-state index contributed by atoms with van der Waals surface area (Å²) < 4.78 is 12.9. The first-order valence-electron chi connectivity index (χ1n) is 5.46. The van der Waals surface area contributed by atoms with Gasteiger partial charge in [-0.1, -0.05) is 23.7 Å². The molecule has 0 saturated carbocycles. The second kappa shape index (κ2) is 5.27. The Morgan fingerprint density at radius 2 is 2.17 bits per heavy atom. The van der Waals surface area contributed by atoms with Gasteiger partial charge in [0.25, 0.3) is 0 Å². The number of aryl methyl sites for hydroxylation is 1. The van der Waals surface area contributed by atoms with E-state index in [9.17, 15) is 9.18 Å². The maximum Gasteiger partial charge on any atom is 0.185 e. The average molecular weight is 264 g/mol. The molecule has 92 valence electrons. The summed E-state index contributed by atoms with van der Waals surface area (Å²) in [5, 5.41) is 0.261. The van der Waals surface area contributed by atoms with E-state index in [1.807, 2.05) is 13.0 Å². The van der Waals surface area contributed by atoms with Gasteiger partial charge in [-0.05, 0) is 36.2 Å². The Morgan fingerprint density at radius 3 is 2.83 bits per heavy atom. The molecule has 2 aromatic rings. The van der Waals surface area contributed by atoms with E-state index >= 15 is 0 Å². The van der Waals surface area contributed by atoms with E-state index in [1.165, 1.54) is 18.2 Å². The summed E-state index contributed by atoms with van der Waals surface area (Å²) in [6.45, 7) is 1.83. The van der Waals surface area contributed by atoms with Crippen molar-refractivity contribution in [2.45, 2.75) is 13.3 Å². The molecule has 0 spiro atoms. The Morgan fingerprint density at radius 1 is 1.39 bits per heavy atom. The predicted molar refractivity (Wildman–Crippen MR) is 68.4 cm³/mol. The molecular formula is C14H11ClFNO. The molecule has 1 aromatic carbocycles. The lowest BCUT2D eigenvalue weighted by molar-refractivity contribution is 0.0987. The van der Waals surface area contributed by atoms with Crippen molar-refractivity contribution in [3.05, 3.63) is 64.2 Å². The van der Waals surface area contributed by atoms with Crippen molar-refractivity contribution in [3.63, 3.8) is 0 Å². The van der Waals surface area contributed by atoms with Crippen molar-refractivity contribution in [3.8, 4) is 0 Å². The maximum atomic E-state index is 12.9. The summed E-state index contributed by atoms with van der Waals surface area (Å²) in [6, 6.07) is 7.62. The number of nitrogens with zero attached hydrogens (tertiary/aromatic N) is 1. The highest BCUT2D eigenvalue weighted by molar-refractivity contribution is 6.31. The molecule has 0 amide bonds. The molecule has 0 aliphatic rings. The molecule has 0 atom stereocenters. The topological polar surface area (TPSA) is 30.0 Å². The van der Waals surface area contributed by atoms with Gasteiger partial charge < -0.3 is 0 Å². The van der Waals surface area contributed by atoms with Gasteiger partial charge in [0.15, 0.2) is 5.78 Å². The normalized spacial score (nSPS) is 10.4. The van der Waals surface area contributed by atoms with Gasteiger partial charge in [-0.3, -0.25) is 9.78 Å².